The van der Waals surface area contributed by atoms with Crippen LogP contribution in [0.2, 0.25) is 0 Å². The van der Waals surface area contributed by atoms with Crippen molar-refractivity contribution in [1.29, 1.82) is 0 Å². The molecule has 2 rings (SSSR count). The first-order chi connectivity index (χ1) is 9.20. The lowest BCUT2D eigenvalue weighted by molar-refractivity contribution is 0.203. The molecule has 0 aliphatic carbocycles. The lowest BCUT2D eigenvalue weighted by Gasteiger charge is -2.29. The minimum atomic E-state index is -0.441. The van der Waals surface area contributed by atoms with Gasteiger partial charge in [-0.1, -0.05) is 13.0 Å². The quantitative estimate of drug-likeness (QED) is 0.883. The summed E-state index contributed by atoms with van der Waals surface area (Å²) in [5.41, 5.74) is 0.193. The van der Waals surface area contributed by atoms with E-state index in [9.17, 15) is 8.78 Å². The van der Waals surface area contributed by atoms with E-state index in [1.807, 2.05) is 6.92 Å². The molecule has 1 N–H and O–H groups in total. The van der Waals surface area contributed by atoms with Crippen molar-refractivity contribution in [2.45, 2.75) is 26.3 Å². The van der Waals surface area contributed by atoms with Gasteiger partial charge in [-0.3, -0.25) is 4.90 Å². The van der Waals surface area contributed by atoms with Crippen molar-refractivity contribution in [3.05, 3.63) is 35.4 Å². The second kappa shape index (κ2) is 6.96. The molecule has 0 atom stereocenters. The van der Waals surface area contributed by atoms with E-state index < -0.39 is 11.6 Å². The van der Waals surface area contributed by atoms with Crippen LogP contribution < -0.4 is 5.32 Å². The van der Waals surface area contributed by atoms with Gasteiger partial charge < -0.3 is 5.32 Å². The van der Waals surface area contributed by atoms with E-state index in [1.165, 1.54) is 18.2 Å². The highest BCUT2D eigenvalue weighted by molar-refractivity contribution is 5.19. The van der Waals surface area contributed by atoms with Crippen molar-refractivity contribution in [3.8, 4) is 0 Å². The van der Waals surface area contributed by atoms with Gasteiger partial charge in [0.15, 0.2) is 0 Å². The smallest absolute Gasteiger partial charge is 0.130 e. The molecule has 1 aromatic carbocycles. The van der Waals surface area contributed by atoms with Gasteiger partial charge in [0.05, 0.1) is 0 Å². The number of halogens is 2. The van der Waals surface area contributed by atoms with Gasteiger partial charge in [-0.25, -0.2) is 8.78 Å². The molecule has 19 heavy (non-hydrogen) atoms. The summed E-state index contributed by atoms with van der Waals surface area (Å²) in [6, 6.07) is 4.07. The van der Waals surface area contributed by atoms with Gasteiger partial charge in [-0.2, -0.15) is 0 Å². The minimum absolute atomic E-state index is 0.193. The standard InChI is InChI=1S/C15H22F2N2/c1-2-19(10-12-6-8-18-9-7-12)11-13-14(16)4-3-5-15(13)17/h3-5,12,18H,2,6-11H2,1H3. The average Bonchev–Trinajstić information content (AvgIpc) is 2.43. The molecule has 1 fully saturated rings. The number of rotatable bonds is 5. The number of benzene rings is 1. The molecule has 106 valence electrons. The van der Waals surface area contributed by atoms with Crippen molar-refractivity contribution >= 4 is 0 Å². The third kappa shape index (κ3) is 3.98. The molecule has 0 aromatic heterocycles. The summed E-state index contributed by atoms with van der Waals surface area (Å²) >= 11 is 0. The number of hydrogen-bond acceptors (Lipinski definition) is 2. The molecule has 1 heterocycles. The Morgan fingerprint density at radius 3 is 2.42 bits per heavy atom. The maximum absolute atomic E-state index is 13.6. The number of piperidine rings is 1. The second-order valence-electron chi connectivity index (χ2n) is 5.22. The summed E-state index contributed by atoms with van der Waals surface area (Å²) in [4.78, 5) is 2.14. The zero-order valence-electron chi connectivity index (χ0n) is 11.5. The zero-order valence-corrected chi connectivity index (χ0v) is 11.5. The minimum Gasteiger partial charge on any atom is -0.317 e. The highest BCUT2D eigenvalue weighted by atomic mass is 19.1. The summed E-state index contributed by atoms with van der Waals surface area (Å²) < 4.78 is 27.3. The Bertz CT molecular complexity index is 383. The molecule has 0 bridgehead atoms. The summed E-state index contributed by atoms with van der Waals surface area (Å²) in [7, 11) is 0. The van der Waals surface area contributed by atoms with Crippen LogP contribution in [-0.2, 0) is 6.54 Å². The third-order valence-corrected chi connectivity index (χ3v) is 3.87. The van der Waals surface area contributed by atoms with Gasteiger partial charge in [0.2, 0.25) is 0 Å². The fourth-order valence-electron chi connectivity index (χ4n) is 2.64. The first-order valence-corrected chi connectivity index (χ1v) is 7.06. The lowest BCUT2D eigenvalue weighted by Crippen LogP contribution is -2.36. The van der Waals surface area contributed by atoms with Crippen LogP contribution in [0.25, 0.3) is 0 Å². The van der Waals surface area contributed by atoms with Gasteiger partial charge in [-0.15, -0.1) is 0 Å². The average molecular weight is 268 g/mol. The molecule has 1 saturated heterocycles. The Morgan fingerprint density at radius 1 is 1.21 bits per heavy atom. The molecule has 0 spiro atoms. The van der Waals surface area contributed by atoms with Gasteiger partial charge in [0.1, 0.15) is 11.6 Å². The van der Waals surface area contributed by atoms with Gasteiger partial charge in [0, 0.05) is 18.7 Å². The fourth-order valence-corrected chi connectivity index (χ4v) is 2.64. The Morgan fingerprint density at radius 2 is 1.84 bits per heavy atom. The zero-order chi connectivity index (χ0) is 13.7. The van der Waals surface area contributed by atoms with E-state index in [0.717, 1.165) is 39.0 Å². The highest BCUT2D eigenvalue weighted by Crippen LogP contribution is 2.18. The first-order valence-electron chi connectivity index (χ1n) is 7.06. The van der Waals surface area contributed by atoms with E-state index in [0.29, 0.717) is 12.5 Å². The molecule has 1 aliphatic heterocycles. The van der Waals surface area contributed by atoms with Crippen molar-refractivity contribution < 1.29 is 8.78 Å². The summed E-state index contributed by atoms with van der Waals surface area (Å²) in [6.07, 6.45) is 2.30. The van der Waals surface area contributed by atoms with Crippen molar-refractivity contribution in [2.24, 2.45) is 5.92 Å². The van der Waals surface area contributed by atoms with E-state index in [2.05, 4.69) is 10.2 Å². The summed E-state index contributed by atoms with van der Waals surface area (Å²) in [5.74, 6) is -0.247. The molecule has 0 saturated carbocycles. The highest BCUT2D eigenvalue weighted by Gasteiger charge is 2.18. The van der Waals surface area contributed by atoms with Crippen molar-refractivity contribution in [1.82, 2.24) is 10.2 Å². The first kappa shape index (κ1) is 14.4. The van der Waals surface area contributed by atoms with E-state index in [-0.39, 0.29) is 5.56 Å². The van der Waals surface area contributed by atoms with Crippen LogP contribution in [0.4, 0.5) is 8.78 Å². The fraction of sp³-hybridized carbons (Fsp3) is 0.600. The SMILES string of the molecule is CCN(Cc1c(F)cccc1F)CC1CCNCC1. The van der Waals surface area contributed by atoms with Crippen LogP contribution in [0.1, 0.15) is 25.3 Å². The Hall–Kier alpha value is -1.00. The van der Waals surface area contributed by atoms with Crippen LogP contribution in [0.15, 0.2) is 18.2 Å². The molecule has 0 unspecified atom stereocenters. The predicted octanol–water partition coefficient (Wildman–Crippen LogP) is 2.79. The summed E-state index contributed by atoms with van der Waals surface area (Å²) in [5, 5.41) is 3.34. The van der Waals surface area contributed by atoms with Crippen LogP contribution >= 0.6 is 0 Å². The van der Waals surface area contributed by atoms with Crippen LogP contribution in [0, 0.1) is 17.6 Å². The molecule has 1 aromatic rings. The van der Waals surface area contributed by atoms with Gasteiger partial charge in [-0.05, 0) is 50.5 Å². The lowest BCUT2D eigenvalue weighted by atomic mass is 9.97. The Balaban J connectivity index is 1.98. The molecule has 0 radical (unpaired) electrons. The third-order valence-electron chi connectivity index (χ3n) is 3.87. The molecule has 2 nitrogen and oxygen atoms in total. The largest absolute Gasteiger partial charge is 0.317 e. The number of nitrogens with one attached hydrogen (secondary N) is 1. The van der Waals surface area contributed by atoms with E-state index in [4.69, 9.17) is 0 Å². The Labute approximate surface area is 113 Å². The van der Waals surface area contributed by atoms with Crippen LogP contribution in [0.3, 0.4) is 0 Å². The second-order valence-corrected chi connectivity index (χ2v) is 5.22. The van der Waals surface area contributed by atoms with Crippen molar-refractivity contribution in [2.75, 3.05) is 26.2 Å². The Kier molecular flexibility index (Phi) is 5.28. The monoisotopic (exact) mass is 268 g/mol. The van der Waals surface area contributed by atoms with Crippen molar-refractivity contribution in [3.63, 3.8) is 0 Å². The molecular formula is C15H22F2N2. The van der Waals surface area contributed by atoms with E-state index >= 15 is 0 Å². The maximum Gasteiger partial charge on any atom is 0.130 e. The molecule has 1 aliphatic rings. The molecular weight excluding hydrogens is 246 g/mol. The number of hydrogen-bond donors (Lipinski definition) is 1. The van der Waals surface area contributed by atoms with Gasteiger partial charge in [0.25, 0.3) is 0 Å². The number of nitrogens with zero attached hydrogens (tertiary/aromatic N) is 1. The maximum atomic E-state index is 13.6. The predicted molar refractivity (Wildman–Crippen MR) is 72.9 cm³/mol. The topological polar surface area (TPSA) is 15.3 Å². The molecule has 4 heteroatoms. The van der Waals surface area contributed by atoms with Gasteiger partial charge >= 0.3 is 0 Å². The normalized spacial score (nSPS) is 17.1. The van der Waals surface area contributed by atoms with Crippen LogP contribution in [-0.4, -0.2) is 31.1 Å². The summed E-state index contributed by atoms with van der Waals surface area (Å²) in [6.45, 7) is 6.25. The van der Waals surface area contributed by atoms with Crippen LogP contribution in [0.5, 0.6) is 0 Å². The molecule has 0 amide bonds. The van der Waals surface area contributed by atoms with E-state index in [1.54, 1.807) is 0 Å².